The number of nitrogens with one attached hydrogen (secondary N) is 1. The maximum atomic E-state index is 12.9. The number of aromatic nitrogens is 1. The minimum Gasteiger partial charge on any atom is -0.480 e. The number of alkyl halides is 2. The topological polar surface area (TPSA) is 91.8 Å². The van der Waals surface area contributed by atoms with Crippen LogP contribution in [0.4, 0.5) is 13.6 Å². The minimum atomic E-state index is -2.43. The molecule has 1 amide bonds. The molecular formula is C28H37F2N3O4. The fraction of sp³-hybridized carbons (Fsp3) is 0.536. The number of carbonyl (C=O) groups excluding carboxylic acids is 1. The monoisotopic (exact) mass is 517 g/mol. The number of carbonyl (C=O) groups is 2. The van der Waals surface area contributed by atoms with E-state index < -0.39 is 24.5 Å². The number of fused-ring (bicyclic) bond motifs is 1. The number of carboxylic acid groups (broad SMARTS) is 1. The molecule has 2 N–H and O–H groups in total. The molecule has 0 unspecified atom stereocenters. The summed E-state index contributed by atoms with van der Waals surface area (Å²) in [5, 5.41) is 11.9. The van der Waals surface area contributed by atoms with Gasteiger partial charge in [-0.15, -0.1) is 0 Å². The first kappa shape index (κ1) is 28.5. The van der Waals surface area contributed by atoms with E-state index in [2.05, 4.69) is 17.4 Å². The van der Waals surface area contributed by atoms with Crippen LogP contribution in [0.15, 0.2) is 42.5 Å². The summed E-state index contributed by atoms with van der Waals surface area (Å²) in [5.74, 6) is -1.19. The summed E-state index contributed by atoms with van der Waals surface area (Å²) in [6.07, 6.45) is 3.55. The fourth-order valence-electron chi connectivity index (χ4n) is 4.50. The lowest BCUT2D eigenvalue weighted by atomic mass is 9.95. The Kier molecular flexibility index (Phi) is 11.7. The maximum absolute atomic E-state index is 12.9. The first-order valence-corrected chi connectivity index (χ1v) is 13.1. The number of nitrogens with zero attached hydrogens (tertiary/aromatic N) is 2. The van der Waals surface area contributed by atoms with Crippen LogP contribution in [-0.4, -0.2) is 59.2 Å². The zero-order chi connectivity index (χ0) is 26.5. The van der Waals surface area contributed by atoms with Crippen molar-refractivity contribution in [1.82, 2.24) is 15.2 Å². The van der Waals surface area contributed by atoms with E-state index in [0.29, 0.717) is 6.54 Å². The van der Waals surface area contributed by atoms with Gasteiger partial charge in [0.05, 0.1) is 0 Å². The quantitative estimate of drug-likeness (QED) is 0.323. The lowest BCUT2D eigenvalue weighted by Gasteiger charge is -2.24. The first-order valence-electron chi connectivity index (χ1n) is 13.1. The highest BCUT2D eigenvalue weighted by Crippen LogP contribution is 2.20. The van der Waals surface area contributed by atoms with Gasteiger partial charge in [-0.25, -0.2) is 18.4 Å². The number of hydrogen-bond acceptors (Lipinski definition) is 5. The molecule has 2 aromatic rings. The van der Waals surface area contributed by atoms with Crippen molar-refractivity contribution in [3.63, 3.8) is 0 Å². The van der Waals surface area contributed by atoms with Crippen molar-refractivity contribution in [2.24, 2.45) is 0 Å². The molecule has 0 fully saturated rings. The van der Waals surface area contributed by atoms with E-state index in [0.717, 1.165) is 43.4 Å². The molecule has 0 bridgehead atoms. The van der Waals surface area contributed by atoms with E-state index in [-0.39, 0.29) is 32.5 Å². The van der Waals surface area contributed by atoms with E-state index >= 15 is 0 Å². The summed E-state index contributed by atoms with van der Waals surface area (Å²) in [4.78, 5) is 30.4. The second-order valence-corrected chi connectivity index (χ2v) is 9.48. The number of rotatable bonds is 15. The highest BCUT2D eigenvalue weighted by Gasteiger charge is 2.22. The molecule has 202 valence electrons. The molecule has 1 aromatic heterocycles. The average Bonchev–Trinajstić information content (AvgIpc) is 2.90. The lowest BCUT2D eigenvalue weighted by molar-refractivity contribution is -0.139. The molecule has 1 heterocycles. The summed E-state index contributed by atoms with van der Waals surface area (Å²) >= 11 is 0. The number of unbranched alkanes of at least 4 members (excludes halogenated alkanes) is 1. The van der Waals surface area contributed by atoms with Crippen molar-refractivity contribution in [2.45, 2.75) is 76.9 Å². The molecule has 1 atom stereocenters. The van der Waals surface area contributed by atoms with Gasteiger partial charge >= 0.3 is 12.1 Å². The van der Waals surface area contributed by atoms with Crippen molar-refractivity contribution < 1.29 is 28.2 Å². The third kappa shape index (κ3) is 10.4. The number of benzene rings is 1. The summed E-state index contributed by atoms with van der Waals surface area (Å²) in [7, 11) is 0. The predicted octanol–water partition coefficient (Wildman–Crippen LogP) is 5.01. The molecule has 0 saturated heterocycles. The van der Waals surface area contributed by atoms with Crippen molar-refractivity contribution in [1.29, 1.82) is 0 Å². The van der Waals surface area contributed by atoms with Crippen LogP contribution in [0.25, 0.3) is 0 Å². The molecule has 0 spiro atoms. The van der Waals surface area contributed by atoms with E-state index in [9.17, 15) is 23.5 Å². The third-order valence-corrected chi connectivity index (χ3v) is 6.59. The number of hydrogen-bond donors (Lipinski definition) is 2. The van der Waals surface area contributed by atoms with Crippen molar-refractivity contribution in [3.05, 3.63) is 65.0 Å². The molecule has 3 rings (SSSR count). The molecule has 0 aliphatic heterocycles. The molecule has 7 nitrogen and oxygen atoms in total. The van der Waals surface area contributed by atoms with Gasteiger partial charge in [-0.05, 0) is 75.1 Å². The summed E-state index contributed by atoms with van der Waals surface area (Å²) in [6, 6.07) is 12.2. The molecular weight excluding hydrogens is 480 g/mol. The summed E-state index contributed by atoms with van der Waals surface area (Å²) in [6.45, 7) is 1.04. The summed E-state index contributed by atoms with van der Waals surface area (Å²) < 4.78 is 30.8. The Morgan fingerprint density at radius 1 is 1.00 bits per heavy atom. The van der Waals surface area contributed by atoms with Crippen LogP contribution in [0.3, 0.4) is 0 Å². The Morgan fingerprint density at radius 3 is 2.51 bits per heavy atom. The van der Waals surface area contributed by atoms with E-state index in [4.69, 9.17) is 9.72 Å². The second-order valence-electron chi connectivity index (χ2n) is 9.48. The molecule has 0 saturated carbocycles. The number of aliphatic carboxylic acids is 1. The minimum absolute atomic E-state index is 0.0264. The van der Waals surface area contributed by atoms with Gasteiger partial charge in [-0.2, -0.15) is 0 Å². The van der Waals surface area contributed by atoms with Gasteiger partial charge in [-0.1, -0.05) is 36.4 Å². The zero-order valence-corrected chi connectivity index (χ0v) is 21.2. The largest absolute Gasteiger partial charge is 0.480 e. The fourth-order valence-corrected chi connectivity index (χ4v) is 4.50. The van der Waals surface area contributed by atoms with Gasteiger partial charge < -0.3 is 20.1 Å². The Balaban J connectivity index is 1.44. The third-order valence-electron chi connectivity index (χ3n) is 6.59. The Bertz CT molecular complexity index is 991. The van der Waals surface area contributed by atoms with Gasteiger partial charge in [-0.3, -0.25) is 4.98 Å². The van der Waals surface area contributed by atoms with Crippen LogP contribution in [-0.2, 0) is 35.4 Å². The molecule has 9 heteroatoms. The molecule has 37 heavy (non-hydrogen) atoms. The van der Waals surface area contributed by atoms with E-state index in [1.54, 1.807) is 12.1 Å². The Labute approximate surface area is 217 Å². The number of ether oxygens (including phenoxy) is 1. The van der Waals surface area contributed by atoms with Crippen LogP contribution in [0.2, 0.25) is 0 Å². The predicted molar refractivity (Wildman–Crippen MR) is 137 cm³/mol. The molecule has 1 aromatic carbocycles. The van der Waals surface area contributed by atoms with Crippen molar-refractivity contribution >= 4 is 12.1 Å². The van der Waals surface area contributed by atoms with Crippen LogP contribution >= 0.6 is 0 Å². The Morgan fingerprint density at radius 2 is 1.76 bits per heavy atom. The first-order chi connectivity index (χ1) is 17.9. The van der Waals surface area contributed by atoms with Crippen LogP contribution in [0.5, 0.6) is 0 Å². The lowest BCUT2D eigenvalue weighted by Crippen LogP contribution is -2.43. The molecule has 0 radical (unpaired) electrons. The number of carboxylic acids is 1. The highest BCUT2D eigenvalue weighted by molar-refractivity contribution is 5.79. The number of aryl methyl sites for hydroxylation is 3. The van der Waals surface area contributed by atoms with Crippen molar-refractivity contribution in [3.8, 4) is 0 Å². The van der Waals surface area contributed by atoms with Crippen LogP contribution in [0, 0.1) is 0 Å². The SMILES string of the molecule is O=C(N[C@@H](CCN(CCCCc1ccc2c(n1)CCCC2)CCC(F)F)C(=O)O)OCc1ccccc1. The standard InChI is InChI=1S/C28H37F2N3O4/c29-26(30)16-19-33(17-7-6-11-23-14-13-22-10-4-5-12-24(22)31-23)18-15-25(27(34)35)32-28(36)37-20-21-8-2-1-3-9-21/h1-3,8-9,13-14,25-26H,4-7,10-12,15-20H2,(H,32,36)(H,34,35)/t25-/m0/s1. The normalized spacial score (nSPS) is 13.8. The molecule has 1 aliphatic carbocycles. The van der Waals surface area contributed by atoms with Gasteiger partial charge in [0.25, 0.3) is 0 Å². The Hall–Kier alpha value is -3.07. The number of pyridine rings is 1. The van der Waals surface area contributed by atoms with Crippen LogP contribution < -0.4 is 5.32 Å². The highest BCUT2D eigenvalue weighted by atomic mass is 19.3. The smallest absolute Gasteiger partial charge is 0.408 e. The maximum Gasteiger partial charge on any atom is 0.408 e. The average molecular weight is 518 g/mol. The van der Waals surface area contributed by atoms with Gasteiger partial charge in [0.15, 0.2) is 0 Å². The second kappa shape index (κ2) is 15.2. The van der Waals surface area contributed by atoms with Crippen molar-refractivity contribution in [2.75, 3.05) is 19.6 Å². The van der Waals surface area contributed by atoms with Crippen LogP contribution in [0.1, 0.15) is 61.0 Å². The van der Waals surface area contributed by atoms with Gasteiger partial charge in [0.2, 0.25) is 6.43 Å². The van der Waals surface area contributed by atoms with E-state index in [1.165, 1.54) is 24.1 Å². The number of amides is 1. The summed E-state index contributed by atoms with van der Waals surface area (Å²) in [5.41, 5.74) is 4.40. The van der Waals surface area contributed by atoms with Gasteiger partial charge in [0, 0.05) is 30.9 Å². The van der Waals surface area contributed by atoms with Gasteiger partial charge in [0.1, 0.15) is 12.6 Å². The number of halogens is 2. The zero-order valence-electron chi connectivity index (χ0n) is 21.2. The molecule has 1 aliphatic rings. The number of alkyl carbamates (subject to hydrolysis) is 1. The van der Waals surface area contributed by atoms with E-state index in [1.807, 2.05) is 23.1 Å².